The lowest BCUT2D eigenvalue weighted by molar-refractivity contribution is -0.184. The number of methoxy groups -OCH3 is 1. The number of fused-ring (bicyclic) bond motifs is 5. The summed E-state index contributed by atoms with van der Waals surface area (Å²) in [7, 11) is 1.63. The van der Waals surface area contributed by atoms with Gasteiger partial charge in [0, 0.05) is 13.5 Å². The second-order valence-corrected chi connectivity index (χ2v) is 15.3. The Morgan fingerprint density at radius 1 is 1.00 bits per heavy atom. The van der Waals surface area contributed by atoms with Gasteiger partial charge in [-0.05, 0) is 124 Å². The first kappa shape index (κ1) is 31.8. The minimum atomic E-state index is -0.600. The third-order valence-electron chi connectivity index (χ3n) is 12.4. The Labute approximate surface area is 243 Å². The van der Waals surface area contributed by atoms with Crippen LogP contribution >= 0.6 is 0 Å². The smallest absolute Gasteiger partial charge is 0.308 e. The predicted octanol–water partition coefficient (Wildman–Crippen LogP) is 6.96. The quantitative estimate of drug-likeness (QED) is 0.290. The van der Waals surface area contributed by atoms with Crippen LogP contribution in [0.15, 0.2) is 0 Å². The van der Waals surface area contributed by atoms with E-state index in [1.807, 2.05) is 27.7 Å². The fourth-order valence-electron chi connectivity index (χ4n) is 10.00. The second-order valence-electron chi connectivity index (χ2n) is 15.3. The Hall–Kier alpha value is -1.14. The summed E-state index contributed by atoms with van der Waals surface area (Å²) in [5, 5.41) is 11.7. The lowest BCUT2D eigenvalue weighted by Crippen LogP contribution is -2.58. The summed E-state index contributed by atoms with van der Waals surface area (Å²) in [6, 6.07) is 0. The third kappa shape index (κ3) is 6.14. The van der Waals surface area contributed by atoms with E-state index in [0.717, 1.165) is 38.5 Å². The molecule has 4 aliphatic carbocycles. The first-order valence-corrected chi connectivity index (χ1v) is 16.3. The van der Waals surface area contributed by atoms with Crippen molar-refractivity contribution in [3.8, 4) is 0 Å². The minimum absolute atomic E-state index is 0.000607. The maximum Gasteiger partial charge on any atom is 0.308 e. The molecule has 0 radical (unpaired) electrons. The summed E-state index contributed by atoms with van der Waals surface area (Å²) in [6.45, 7) is 15.5. The van der Waals surface area contributed by atoms with Crippen molar-refractivity contribution in [2.75, 3.05) is 13.7 Å². The van der Waals surface area contributed by atoms with Crippen molar-refractivity contribution in [1.82, 2.24) is 0 Å². The largest absolute Gasteiger partial charge is 0.462 e. The van der Waals surface area contributed by atoms with E-state index >= 15 is 0 Å². The van der Waals surface area contributed by atoms with Gasteiger partial charge in [0.1, 0.15) is 11.7 Å². The Bertz CT molecular complexity index is 901. The fraction of sp³-hybridized carbons (Fsp3) is 0.941. The van der Waals surface area contributed by atoms with Crippen molar-refractivity contribution in [3.05, 3.63) is 0 Å². The lowest BCUT2D eigenvalue weighted by atomic mass is 9.43. The molecular weight excluding hydrogens is 504 g/mol. The first-order chi connectivity index (χ1) is 18.8. The number of hydrogen-bond donors (Lipinski definition) is 1. The van der Waals surface area contributed by atoms with Crippen LogP contribution in [0.1, 0.15) is 119 Å². The lowest BCUT2D eigenvalue weighted by Gasteiger charge is -2.62. The molecular formula is C34H58O6. The highest BCUT2D eigenvalue weighted by molar-refractivity contribution is 5.72. The van der Waals surface area contributed by atoms with E-state index in [9.17, 15) is 14.7 Å². The highest BCUT2D eigenvalue weighted by Gasteiger charge is 2.63. The minimum Gasteiger partial charge on any atom is -0.462 e. The number of aliphatic hydroxyl groups excluding tert-OH is 1. The van der Waals surface area contributed by atoms with Crippen molar-refractivity contribution < 1.29 is 28.9 Å². The van der Waals surface area contributed by atoms with Gasteiger partial charge in [0.15, 0.2) is 0 Å². The molecule has 0 aromatic carbocycles. The van der Waals surface area contributed by atoms with E-state index in [0.29, 0.717) is 48.5 Å². The molecule has 0 spiro atoms. The van der Waals surface area contributed by atoms with Gasteiger partial charge in [0.2, 0.25) is 0 Å². The summed E-state index contributed by atoms with van der Waals surface area (Å²) < 4.78 is 16.8. The zero-order valence-electron chi connectivity index (χ0n) is 26.7. The Morgan fingerprint density at radius 2 is 1.68 bits per heavy atom. The number of hydrogen-bond acceptors (Lipinski definition) is 6. The number of rotatable bonds is 10. The third-order valence-corrected chi connectivity index (χ3v) is 12.4. The zero-order valence-corrected chi connectivity index (χ0v) is 26.7. The summed E-state index contributed by atoms with van der Waals surface area (Å²) >= 11 is 0. The number of carbonyl (C=O) groups is 2. The summed E-state index contributed by atoms with van der Waals surface area (Å²) in [6.07, 6.45) is 10.4. The molecule has 0 heterocycles. The van der Waals surface area contributed by atoms with E-state index in [-0.39, 0.29) is 40.9 Å². The van der Waals surface area contributed by atoms with E-state index in [1.165, 1.54) is 25.7 Å². The van der Waals surface area contributed by atoms with Gasteiger partial charge in [-0.1, -0.05) is 34.6 Å². The van der Waals surface area contributed by atoms with Gasteiger partial charge in [-0.3, -0.25) is 9.59 Å². The van der Waals surface area contributed by atoms with Gasteiger partial charge in [0.25, 0.3) is 0 Å². The maximum absolute atomic E-state index is 12.6. The van der Waals surface area contributed by atoms with E-state index in [4.69, 9.17) is 14.2 Å². The SMILES string of the molecule is CCC(C)C(=O)OC1CCC2(C)C(C1)CC(O)C1C2CCC2(C)C(C(C)CCC(=O)OC(C)(C)COC)CCC12. The van der Waals surface area contributed by atoms with Crippen molar-refractivity contribution in [2.45, 2.75) is 137 Å². The molecule has 0 aliphatic heterocycles. The van der Waals surface area contributed by atoms with Gasteiger partial charge in [-0.2, -0.15) is 0 Å². The molecule has 0 aromatic heterocycles. The van der Waals surface area contributed by atoms with E-state index in [2.05, 4.69) is 20.8 Å². The highest BCUT2D eigenvalue weighted by atomic mass is 16.6. The van der Waals surface area contributed by atoms with Crippen molar-refractivity contribution >= 4 is 11.9 Å². The molecule has 0 saturated heterocycles. The molecule has 0 bridgehead atoms. The molecule has 11 atom stereocenters. The maximum atomic E-state index is 12.6. The fourth-order valence-corrected chi connectivity index (χ4v) is 10.00. The van der Waals surface area contributed by atoms with Crippen molar-refractivity contribution in [2.24, 2.45) is 52.3 Å². The number of aliphatic hydroxyl groups is 1. The highest BCUT2D eigenvalue weighted by Crippen LogP contribution is 2.68. The molecule has 4 rings (SSSR count). The molecule has 4 fully saturated rings. The van der Waals surface area contributed by atoms with Crippen LogP contribution in [0.3, 0.4) is 0 Å². The van der Waals surface area contributed by atoms with Crippen molar-refractivity contribution in [1.29, 1.82) is 0 Å². The van der Waals surface area contributed by atoms with Crippen LogP contribution in [-0.4, -0.2) is 48.6 Å². The van der Waals surface area contributed by atoms with E-state index in [1.54, 1.807) is 7.11 Å². The number of esters is 2. The molecule has 1 N–H and O–H groups in total. The monoisotopic (exact) mass is 562 g/mol. The zero-order chi connectivity index (χ0) is 29.5. The summed E-state index contributed by atoms with van der Waals surface area (Å²) in [5.41, 5.74) is -0.169. The van der Waals surface area contributed by atoms with Gasteiger partial charge in [-0.25, -0.2) is 0 Å². The normalized spacial score (nSPS) is 40.8. The molecule has 4 saturated carbocycles. The first-order valence-electron chi connectivity index (χ1n) is 16.3. The Balaban J connectivity index is 1.39. The number of ether oxygens (including phenoxy) is 3. The molecule has 6 heteroatoms. The van der Waals surface area contributed by atoms with E-state index < -0.39 is 5.60 Å². The van der Waals surface area contributed by atoms with Crippen LogP contribution < -0.4 is 0 Å². The average Bonchev–Trinajstić information content (AvgIpc) is 3.24. The number of carbonyl (C=O) groups excluding carboxylic acids is 2. The molecule has 4 aliphatic rings. The molecule has 0 aromatic rings. The van der Waals surface area contributed by atoms with Gasteiger partial charge in [0.05, 0.1) is 18.6 Å². The topological polar surface area (TPSA) is 82.1 Å². The Morgan fingerprint density at radius 3 is 2.35 bits per heavy atom. The van der Waals surface area contributed by atoms with Gasteiger partial charge < -0.3 is 19.3 Å². The van der Waals surface area contributed by atoms with Crippen LogP contribution in [0.4, 0.5) is 0 Å². The molecule has 40 heavy (non-hydrogen) atoms. The van der Waals surface area contributed by atoms with Gasteiger partial charge in [-0.15, -0.1) is 0 Å². The molecule has 11 unspecified atom stereocenters. The van der Waals surface area contributed by atoms with Gasteiger partial charge >= 0.3 is 11.9 Å². The predicted molar refractivity (Wildman–Crippen MR) is 156 cm³/mol. The second kappa shape index (κ2) is 12.2. The standard InChI is InChI=1S/C34H58O6/c1-9-21(2)31(37)39-24-14-16-33(6)23(18-24)19-28(35)30-26-12-11-25(34(26,7)17-15-27(30)33)22(3)10-13-29(36)40-32(4,5)20-38-8/h21-28,30,35H,9-20H2,1-8H3. The van der Waals surface area contributed by atoms with Crippen LogP contribution in [0.2, 0.25) is 0 Å². The van der Waals surface area contributed by atoms with Crippen LogP contribution in [-0.2, 0) is 23.8 Å². The molecule has 6 nitrogen and oxygen atoms in total. The summed E-state index contributed by atoms with van der Waals surface area (Å²) in [5.74, 6) is 2.64. The molecule has 0 amide bonds. The summed E-state index contributed by atoms with van der Waals surface area (Å²) in [4.78, 5) is 25.1. The average molecular weight is 563 g/mol. The molecule has 230 valence electrons. The van der Waals surface area contributed by atoms with Crippen molar-refractivity contribution in [3.63, 3.8) is 0 Å². The Kier molecular flexibility index (Phi) is 9.72. The van der Waals surface area contributed by atoms with Crippen LogP contribution in [0.5, 0.6) is 0 Å². The van der Waals surface area contributed by atoms with Crippen LogP contribution in [0, 0.1) is 52.3 Å². The van der Waals surface area contributed by atoms with Crippen LogP contribution in [0.25, 0.3) is 0 Å².